The van der Waals surface area contributed by atoms with Crippen LogP contribution in [0.4, 0.5) is 13.2 Å². The van der Waals surface area contributed by atoms with Gasteiger partial charge in [-0.2, -0.15) is 13.2 Å². The summed E-state index contributed by atoms with van der Waals surface area (Å²) >= 11 is 0. The number of nitrogens with two attached hydrogens (primary N) is 1. The molecule has 2 heterocycles. The molecule has 0 aromatic carbocycles. The van der Waals surface area contributed by atoms with Crippen molar-refractivity contribution in [1.29, 1.82) is 0 Å². The zero-order valence-electron chi connectivity index (χ0n) is 9.75. The van der Waals surface area contributed by atoms with Crippen molar-refractivity contribution in [2.75, 3.05) is 19.8 Å². The van der Waals surface area contributed by atoms with E-state index in [0.717, 1.165) is 25.7 Å². The molecule has 100 valence electrons. The molecule has 0 saturated carbocycles. The lowest BCUT2D eigenvalue weighted by molar-refractivity contribution is -0.175. The Kier molecular flexibility index (Phi) is 3.95. The Hall–Kier alpha value is -0.330. The first-order valence-electron chi connectivity index (χ1n) is 6.11. The third-order valence-electron chi connectivity index (χ3n) is 3.68. The molecule has 0 aliphatic carbocycles. The second-order valence-corrected chi connectivity index (χ2v) is 5.02. The van der Waals surface area contributed by atoms with Crippen LogP contribution >= 0.6 is 0 Å². The maximum Gasteiger partial charge on any atom is 0.411 e. The molecule has 2 rings (SSSR count). The van der Waals surface area contributed by atoms with Gasteiger partial charge in [0.2, 0.25) is 0 Å². The molecule has 0 aromatic heterocycles. The quantitative estimate of drug-likeness (QED) is 0.771. The molecule has 0 radical (unpaired) electrons. The van der Waals surface area contributed by atoms with Crippen molar-refractivity contribution in [3.8, 4) is 0 Å². The van der Waals surface area contributed by atoms with Gasteiger partial charge >= 0.3 is 6.18 Å². The summed E-state index contributed by atoms with van der Waals surface area (Å²) in [5, 5.41) is 0. The third-order valence-corrected chi connectivity index (χ3v) is 3.68. The standard InChI is InChI=1S/C11H19F3N2O/c12-11(13,14)7-17-4-3-16-9-1-2-10(16)6-8(15)5-9/h8-10H,1-7,15H2. The molecule has 2 aliphatic rings. The van der Waals surface area contributed by atoms with Gasteiger partial charge in [0.05, 0.1) is 6.61 Å². The van der Waals surface area contributed by atoms with Crippen molar-refractivity contribution >= 4 is 0 Å². The van der Waals surface area contributed by atoms with Crippen molar-refractivity contribution < 1.29 is 17.9 Å². The van der Waals surface area contributed by atoms with Gasteiger partial charge in [0, 0.05) is 24.7 Å². The van der Waals surface area contributed by atoms with Crippen LogP contribution in [0.25, 0.3) is 0 Å². The lowest BCUT2D eigenvalue weighted by Crippen LogP contribution is -2.48. The van der Waals surface area contributed by atoms with Crippen LogP contribution in [-0.4, -0.2) is 49.0 Å². The molecule has 0 spiro atoms. The monoisotopic (exact) mass is 252 g/mol. The summed E-state index contributed by atoms with van der Waals surface area (Å²) in [5.74, 6) is 0. The summed E-state index contributed by atoms with van der Waals surface area (Å²) in [4.78, 5) is 2.28. The van der Waals surface area contributed by atoms with Crippen LogP contribution in [0.15, 0.2) is 0 Å². The van der Waals surface area contributed by atoms with Gasteiger partial charge in [-0.3, -0.25) is 4.90 Å². The van der Waals surface area contributed by atoms with E-state index >= 15 is 0 Å². The van der Waals surface area contributed by atoms with Crippen molar-refractivity contribution in [3.05, 3.63) is 0 Å². The molecule has 2 atom stereocenters. The van der Waals surface area contributed by atoms with Gasteiger partial charge in [-0.25, -0.2) is 0 Å². The Balaban J connectivity index is 1.70. The highest BCUT2D eigenvalue weighted by molar-refractivity contribution is 4.96. The largest absolute Gasteiger partial charge is 0.411 e. The number of rotatable bonds is 4. The highest BCUT2D eigenvalue weighted by Gasteiger charge is 2.39. The van der Waals surface area contributed by atoms with E-state index in [1.54, 1.807) is 0 Å². The lowest BCUT2D eigenvalue weighted by Gasteiger charge is -2.37. The second-order valence-electron chi connectivity index (χ2n) is 5.02. The highest BCUT2D eigenvalue weighted by atomic mass is 19.4. The zero-order chi connectivity index (χ0) is 12.5. The van der Waals surface area contributed by atoms with Gasteiger partial charge in [-0.05, 0) is 25.7 Å². The van der Waals surface area contributed by atoms with Gasteiger partial charge < -0.3 is 10.5 Å². The number of hydrogen-bond acceptors (Lipinski definition) is 3. The van der Waals surface area contributed by atoms with E-state index in [-0.39, 0.29) is 12.6 Å². The minimum Gasteiger partial charge on any atom is -0.371 e. The summed E-state index contributed by atoms with van der Waals surface area (Å²) in [5.41, 5.74) is 5.92. The molecule has 2 N–H and O–H groups in total. The Morgan fingerprint density at radius 2 is 1.76 bits per heavy atom. The van der Waals surface area contributed by atoms with Crippen molar-refractivity contribution in [1.82, 2.24) is 4.90 Å². The van der Waals surface area contributed by atoms with Gasteiger partial charge in [-0.15, -0.1) is 0 Å². The van der Waals surface area contributed by atoms with Crippen LogP contribution < -0.4 is 5.73 Å². The fourth-order valence-electron chi connectivity index (χ4n) is 3.04. The number of ether oxygens (including phenoxy) is 1. The van der Waals surface area contributed by atoms with Gasteiger partial charge in [-0.1, -0.05) is 0 Å². The van der Waals surface area contributed by atoms with Gasteiger partial charge in [0.25, 0.3) is 0 Å². The van der Waals surface area contributed by atoms with Crippen molar-refractivity contribution in [2.24, 2.45) is 5.73 Å². The lowest BCUT2D eigenvalue weighted by atomic mass is 9.98. The number of alkyl halides is 3. The van der Waals surface area contributed by atoms with Crippen LogP contribution in [0, 0.1) is 0 Å². The summed E-state index contributed by atoms with van der Waals surface area (Å²) in [6.07, 6.45) is -0.0376. The average molecular weight is 252 g/mol. The Morgan fingerprint density at radius 3 is 2.29 bits per heavy atom. The maximum absolute atomic E-state index is 11.9. The first-order valence-corrected chi connectivity index (χ1v) is 6.11. The topological polar surface area (TPSA) is 38.5 Å². The molecule has 2 bridgehead atoms. The molecule has 0 aromatic rings. The Bertz CT molecular complexity index is 246. The second kappa shape index (κ2) is 5.12. The van der Waals surface area contributed by atoms with Crippen LogP contribution in [0.2, 0.25) is 0 Å². The van der Waals surface area contributed by atoms with Crippen LogP contribution in [0.3, 0.4) is 0 Å². The molecule has 2 saturated heterocycles. The SMILES string of the molecule is NC1CC2CCC(C1)N2CCOCC(F)(F)F. The predicted molar refractivity (Wildman–Crippen MR) is 57.6 cm³/mol. The van der Waals surface area contributed by atoms with Gasteiger partial charge in [0.1, 0.15) is 6.61 Å². The van der Waals surface area contributed by atoms with E-state index in [0.29, 0.717) is 18.6 Å². The van der Waals surface area contributed by atoms with Gasteiger partial charge in [0.15, 0.2) is 0 Å². The normalized spacial score (nSPS) is 34.2. The fraction of sp³-hybridized carbons (Fsp3) is 1.00. The maximum atomic E-state index is 11.9. The molecule has 3 nitrogen and oxygen atoms in total. The molecule has 6 heteroatoms. The molecular formula is C11H19F3N2O. The summed E-state index contributed by atoms with van der Waals surface area (Å²) in [6.45, 7) is -0.393. The first kappa shape index (κ1) is 13.1. The van der Waals surface area contributed by atoms with Crippen LogP contribution in [0.5, 0.6) is 0 Å². The molecule has 2 fully saturated rings. The van der Waals surface area contributed by atoms with E-state index in [2.05, 4.69) is 9.64 Å². The van der Waals surface area contributed by atoms with Crippen molar-refractivity contribution in [3.63, 3.8) is 0 Å². The molecule has 17 heavy (non-hydrogen) atoms. The van der Waals surface area contributed by atoms with Crippen LogP contribution in [0.1, 0.15) is 25.7 Å². The third kappa shape index (κ3) is 3.56. The fourth-order valence-corrected chi connectivity index (χ4v) is 3.04. The highest BCUT2D eigenvalue weighted by Crippen LogP contribution is 2.34. The van der Waals surface area contributed by atoms with E-state index in [1.165, 1.54) is 0 Å². The Labute approximate surface area is 99.1 Å². The van der Waals surface area contributed by atoms with E-state index in [9.17, 15) is 13.2 Å². The summed E-state index contributed by atoms with van der Waals surface area (Å²) in [7, 11) is 0. The molecular weight excluding hydrogens is 233 g/mol. The minimum atomic E-state index is -4.22. The first-order chi connectivity index (χ1) is 7.96. The average Bonchev–Trinajstić information content (AvgIpc) is 2.44. The van der Waals surface area contributed by atoms with Crippen LogP contribution in [-0.2, 0) is 4.74 Å². The minimum absolute atomic E-state index is 0.155. The molecule has 2 unspecified atom stereocenters. The summed E-state index contributed by atoms with van der Waals surface area (Å²) in [6, 6.07) is 1.18. The number of fused-ring (bicyclic) bond motifs is 2. The van der Waals surface area contributed by atoms with E-state index in [4.69, 9.17) is 5.73 Å². The number of nitrogens with zero attached hydrogens (tertiary/aromatic N) is 1. The smallest absolute Gasteiger partial charge is 0.371 e. The predicted octanol–water partition coefficient (Wildman–Crippen LogP) is 1.52. The Morgan fingerprint density at radius 1 is 1.18 bits per heavy atom. The van der Waals surface area contributed by atoms with Crippen molar-refractivity contribution in [2.45, 2.75) is 50.0 Å². The van der Waals surface area contributed by atoms with E-state index in [1.807, 2.05) is 0 Å². The number of halogens is 3. The molecule has 2 aliphatic heterocycles. The molecule has 0 amide bonds. The number of hydrogen-bond donors (Lipinski definition) is 1. The summed E-state index contributed by atoms with van der Waals surface area (Å²) < 4.78 is 40.3. The van der Waals surface area contributed by atoms with E-state index < -0.39 is 12.8 Å². The number of piperidine rings is 1. The zero-order valence-corrected chi connectivity index (χ0v) is 9.75.